The standard InChI is InChI=1S/C28H22O4/c1-2-30-24-16-22(26-27(32-24)21-13-7-8-14-23(21)31-28(26)29)25-19-11-5-3-9-17(19)15-18-10-4-6-12-20(18)25/h3-15,22,24H,2,16H2,1H3/t22-,24+/m1/s1. The van der Waals surface area contributed by atoms with Crippen LogP contribution in [-0.4, -0.2) is 12.9 Å². The summed E-state index contributed by atoms with van der Waals surface area (Å²) in [4.78, 5) is 13.3. The Balaban J connectivity index is 1.72. The van der Waals surface area contributed by atoms with Crippen LogP contribution in [0.1, 0.15) is 30.4 Å². The summed E-state index contributed by atoms with van der Waals surface area (Å²) in [6, 6.07) is 26.4. The molecular formula is C28H22O4. The molecule has 0 fully saturated rings. The third kappa shape index (κ3) is 2.91. The third-order valence-electron chi connectivity index (χ3n) is 6.34. The number of hydrogen-bond donors (Lipinski definition) is 0. The summed E-state index contributed by atoms with van der Waals surface area (Å²) in [5, 5.41) is 5.35. The predicted molar refractivity (Wildman–Crippen MR) is 126 cm³/mol. The molecule has 0 N–H and O–H groups in total. The second kappa shape index (κ2) is 7.50. The van der Waals surface area contributed by atoms with Crippen LogP contribution in [0.5, 0.6) is 5.75 Å². The summed E-state index contributed by atoms with van der Waals surface area (Å²) >= 11 is 0. The number of fused-ring (bicyclic) bond motifs is 5. The van der Waals surface area contributed by atoms with E-state index in [4.69, 9.17) is 13.9 Å². The first-order chi connectivity index (χ1) is 15.7. The van der Waals surface area contributed by atoms with E-state index >= 15 is 0 Å². The summed E-state index contributed by atoms with van der Waals surface area (Å²) in [6.07, 6.45) is 0.0996. The Bertz CT molecular complexity index is 1480. The highest BCUT2D eigenvalue weighted by Crippen LogP contribution is 2.46. The zero-order chi connectivity index (χ0) is 21.7. The largest absolute Gasteiger partial charge is 0.464 e. The zero-order valence-electron chi connectivity index (χ0n) is 17.7. The average Bonchev–Trinajstić information content (AvgIpc) is 2.82. The minimum Gasteiger partial charge on any atom is -0.464 e. The molecule has 2 heterocycles. The lowest BCUT2D eigenvalue weighted by Crippen LogP contribution is -2.32. The molecule has 4 nitrogen and oxygen atoms in total. The first kappa shape index (κ1) is 19.1. The van der Waals surface area contributed by atoms with Gasteiger partial charge in [-0.25, -0.2) is 4.79 Å². The minimum atomic E-state index is -0.444. The molecule has 0 aliphatic carbocycles. The maximum atomic E-state index is 13.3. The molecule has 4 heteroatoms. The van der Waals surface area contributed by atoms with Crippen molar-refractivity contribution in [3.05, 3.63) is 100 Å². The molecule has 0 bridgehead atoms. The maximum absolute atomic E-state index is 13.3. The Kier molecular flexibility index (Phi) is 4.47. The van der Waals surface area contributed by atoms with Gasteiger partial charge in [0, 0.05) is 18.9 Å². The van der Waals surface area contributed by atoms with Crippen LogP contribution in [0.3, 0.4) is 0 Å². The average molecular weight is 422 g/mol. The number of ether oxygens (including phenoxy) is 2. The lowest BCUT2D eigenvalue weighted by Gasteiger charge is -2.33. The van der Waals surface area contributed by atoms with Gasteiger partial charge in [0.05, 0.1) is 10.9 Å². The highest BCUT2D eigenvalue weighted by molar-refractivity contribution is 6.03. The molecule has 0 radical (unpaired) electrons. The molecular weight excluding hydrogens is 400 g/mol. The number of para-hydroxylation sites is 1. The van der Waals surface area contributed by atoms with Gasteiger partial charge in [-0.3, -0.25) is 0 Å². The monoisotopic (exact) mass is 422 g/mol. The molecule has 1 aliphatic rings. The lowest BCUT2D eigenvalue weighted by atomic mass is 9.81. The molecule has 0 unspecified atom stereocenters. The van der Waals surface area contributed by atoms with Crippen molar-refractivity contribution >= 4 is 32.5 Å². The van der Waals surface area contributed by atoms with Gasteiger partial charge in [0.2, 0.25) is 6.29 Å². The highest BCUT2D eigenvalue weighted by atomic mass is 16.7. The van der Waals surface area contributed by atoms with E-state index in [2.05, 4.69) is 30.3 Å². The molecule has 0 amide bonds. The van der Waals surface area contributed by atoms with E-state index in [9.17, 15) is 4.79 Å². The molecule has 6 rings (SSSR count). The summed E-state index contributed by atoms with van der Waals surface area (Å²) in [5.41, 5.74) is 1.86. The van der Waals surface area contributed by atoms with Gasteiger partial charge in [-0.15, -0.1) is 0 Å². The molecule has 4 aromatic carbocycles. The van der Waals surface area contributed by atoms with Crippen molar-refractivity contribution < 1.29 is 13.9 Å². The van der Waals surface area contributed by atoms with Gasteiger partial charge in [0.1, 0.15) is 11.3 Å². The van der Waals surface area contributed by atoms with E-state index in [0.717, 1.165) is 32.5 Å². The van der Waals surface area contributed by atoms with E-state index in [0.29, 0.717) is 29.9 Å². The summed E-state index contributed by atoms with van der Waals surface area (Å²) in [5.74, 6) is 0.357. The molecule has 5 aromatic rings. The van der Waals surface area contributed by atoms with Crippen LogP contribution in [0.2, 0.25) is 0 Å². The fourth-order valence-electron chi connectivity index (χ4n) is 5.03. The Labute approximate surface area is 185 Å². The highest BCUT2D eigenvalue weighted by Gasteiger charge is 2.36. The molecule has 0 saturated carbocycles. The Morgan fingerprint density at radius 1 is 0.844 bits per heavy atom. The van der Waals surface area contributed by atoms with E-state index in [-0.39, 0.29) is 11.5 Å². The molecule has 0 spiro atoms. The summed E-state index contributed by atoms with van der Waals surface area (Å²) < 4.78 is 18.0. The van der Waals surface area contributed by atoms with Crippen molar-refractivity contribution in [1.29, 1.82) is 0 Å². The second-order valence-corrected chi connectivity index (χ2v) is 8.15. The summed E-state index contributed by atoms with van der Waals surface area (Å²) in [7, 11) is 0. The topological polar surface area (TPSA) is 48.7 Å². The smallest absolute Gasteiger partial charge is 0.343 e. The van der Waals surface area contributed by atoms with Crippen molar-refractivity contribution in [2.24, 2.45) is 0 Å². The van der Waals surface area contributed by atoms with Crippen LogP contribution in [-0.2, 0) is 4.74 Å². The van der Waals surface area contributed by atoms with Crippen molar-refractivity contribution in [3.63, 3.8) is 0 Å². The van der Waals surface area contributed by atoms with Crippen LogP contribution >= 0.6 is 0 Å². The van der Waals surface area contributed by atoms with E-state index in [1.165, 1.54) is 0 Å². The van der Waals surface area contributed by atoms with Crippen LogP contribution in [0.4, 0.5) is 0 Å². The van der Waals surface area contributed by atoms with Crippen LogP contribution < -0.4 is 10.4 Å². The normalized spacial score (nSPS) is 18.0. The van der Waals surface area contributed by atoms with Crippen LogP contribution in [0, 0.1) is 0 Å². The van der Waals surface area contributed by atoms with Gasteiger partial charge < -0.3 is 13.9 Å². The van der Waals surface area contributed by atoms with Gasteiger partial charge in [-0.05, 0) is 52.2 Å². The number of rotatable bonds is 3. The van der Waals surface area contributed by atoms with E-state index in [1.54, 1.807) is 6.07 Å². The summed E-state index contributed by atoms with van der Waals surface area (Å²) in [6.45, 7) is 2.49. The fourth-order valence-corrected chi connectivity index (χ4v) is 5.03. The zero-order valence-corrected chi connectivity index (χ0v) is 17.7. The van der Waals surface area contributed by atoms with Crippen LogP contribution in [0.15, 0.2) is 88.1 Å². The minimum absolute atomic E-state index is 0.216. The van der Waals surface area contributed by atoms with Crippen molar-refractivity contribution in [2.75, 3.05) is 6.61 Å². The predicted octanol–water partition coefficient (Wildman–Crippen LogP) is 6.38. The van der Waals surface area contributed by atoms with Gasteiger partial charge in [-0.2, -0.15) is 0 Å². The van der Waals surface area contributed by atoms with Gasteiger partial charge >= 0.3 is 5.63 Å². The Morgan fingerprint density at radius 3 is 2.16 bits per heavy atom. The van der Waals surface area contributed by atoms with E-state index in [1.807, 2.05) is 49.4 Å². The number of benzene rings is 4. The number of hydrogen-bond acceptors (Lipinski definition) is 4. The lowest BCUT2D eigenvalue weighted by molar-refractivity contribution is -0.0888. The molecule has 2 atom stereocenters. The molecule has 1 aliphatic heterocycles. The first-order valence-electron chi connectivity index (χ1n) is 11.0. The fraction of sp³-hybridized carbons (Fsp3) is 0.179. The maximum Gasteiger partial charge on any atom is 0.343 e. The Hall–Kier alpha value is -3.63. The van der Waals surface area contributed by atoms with Crippen molar-refractivity contribution in [3.8, 4) is 5.75 Å². The Morgan fingerprint density at radius 2 is 1.47 bits per heavy atom. The first-order valence-corrected chi connectivity index (χ1v) is 11.0. The van der Waals surface area contributed by atoms with Crippen molar-refractivity contribution in [1.82, 2.24) is 0 Å². The van der Waals surface area contributed by atoms with Gasteiger partial charge in [-0.1, -0.05) is 60.7 Å². The third-order valence-corrected chi connectivity index (χ3v) is 6.34. The molecule has 1 aromatic heterocycles. The van der Waals surface area contributed by atoms with Crippen molar-refractivity contribution in [2.45, 2.75) is 25.6 Å². The van der Waals surface area contributed by atoms with Crippen LogP contribution in [0.25, 0.3) is 32.5 Å². The van der Waals surface area contributed by atoms with Gasteiger partial charge in [0.25, 0.3) is 0 Å². The SMILES string of the molecule is CCO[C@@H]1C[C@H](c2c3ccccc3cc3ccccc23)c2c(c3ccccc3oc2=O)O1. The quantitative estimate of drug-likeness (QED) is 0.250. The van der Waals surface area contributed by atoms with Gasteiger partial charge in [0.15, 0.2) is 0 Å². The molecule has 0 saturated heterocycles. The van der Waals surface area contributed by atoms with E-state index < -0.39 is 6.29 Å². The second-order valence-electron chi connectivity index (χ2n) is 8.15. The molecule has 32 heavy (non-hydrogen) atoms. The molecule has 158 valence electrons.